The smallest absolute Gasteiger partial charge is 0.310 e. The predicted octanol–water partition coefficient (Wildman–Crippen LogP) is 1.12. The lowest BCUT2D eigenvalue weighted by atomic mass is 9.94. The molecule has 1 aliphatic carbocycles. The highest BCUT2D eigenvalue weighted by molar-refractivity contribution is 6.00. The Morgan fingerprint density at radius 3 is 2.56 bits per heavy atom. The molecule has 0 aromatic carbocycles. The third kappa shape index (κ3) is 3.18. The summed E-state index contributed by atoms with van der Waals surface area (Å²) in [7, 11) is 1.25. The zero-order valence-electron chi connectivity index (χ0n) is 9.37. The Hall–Kier alpha value is -1.65. The van der Waals surface area contributed by atoms with Crippen molar-refractivity contribution in [3.63, 3.8) is 0 Å². The Morgan fingerprint density at radius 1 is 1.31 bits per heavy atom. The highest BCUT2D eigenvalue weighted by Gasteiger charge is 2.25. The number of methoxy groups -OCH3 is 1. The van der Waals surface area contributed by atoms with Gasteiger partial charge in [-0.25, -0.2) is 0 Å². The summed E-state index contributed by atoms with van der Waals surface area (Å²) in [5.74, 6) is -0.816. The van der Waals surface area contributed by atoms with Gasteiger partial charge in [-0.05, 0) is 6.42 Å². The van der Waals surface area contributed by atoms with E-state index in [1.807, 2.05) is 0 Å². The summed E-state index contributed by atoms with van der Waals surface area (Å²) in [6, 6.07) is 0. The quantitative estimate of drug-likeness (QED) is 0.674. The van der Waals surface area contributed by atoms with Crippen molar-refractivity contribution in [2.75, 3.05) is 7.11 Å². The van der Waals surface area contributed by atoms with Gasteiger partial charge in [-0.3, -0.25) is 14.4 Å². The zero-order chi connectivity index (χ0) is 12.1. The minimum Gasteiger partial charge on any atom is -0.469 e. The summed E-state index contributed by atoms with van der Waals surface area (Å²) >= 11 is 0. The van der Waals surface area contributed by atoms with E-state index in [-0.39, 0.29) is 17.8 Å². The molecule has 0 radical (unpaired) electrons. The van der Waals surface area contributed by atoms with Crippen molar-refractivity contribution in [1.29, 1.82) is 0 Å². The van der Waals surface area contributed by atoms with E-state index in [2.05, 4.69) is 4.74 Å². The fraction of sp³-hybridized carbons (Fsp3) is 0.545. The molecule has 0 aromatic rings. The van der Waals surface area contributed by atoms with Gasteiger partial charge < -0.3 is 9.47 Å². The Bertz CT molecular complexity index is 353. The molecule has 0 saturated carbocycles. The first-order chi connectivity index (χ1) is 7.54. The van der Waals surface area contributed by atoms with Gasteiger partial charge >= 0.3 is 11.9 Å². The number of Topliss-reactive ketones (excluding diaryl/α,β-unsaturated/α-hetero) is 1. The molecular formula is C11H14O5. The van der Waals surface area contributed by atoms with Gasteiger partial charge in [0, 0.05) is 25.3 Å². The second-order valence-electron chi connectivity index (χ2n) is 3.53. The first-order valence-electron chi connectivity index (χ1n) is 5.05. The molecule has 0 unspecified atom stereocenters. The molecule has 0 spiro atoms. The molecule has 0 amide bonds. The van der Waals surface area contributed by atoms with Gasteiger partial charge in [-0.15, -0.1) is 0 Å². The molecule has 0 bridgehead atoms. The normalized spacial score (nSPS) is 16.0. The molecule has 0 aromatic heterocycles. The fourth-order valence-corrected chi connectivity index (χ4v) is 1.57. The van der Waals surface area contributed by atoms with Crippen LogP contribution in [0.2, 0.25) is 0 Å². The van der Waals surface area contributed by atoms with Crippen LogP contribution in [0, 0.1) is 0 Å². The second-order valence-corrected chi connectivity index (χ2v) is 3.53. The van der Waals surface area contributed by atoms with E-state index >= 15 is 0 Å². The highest BCUT2D eigenvalue weighted by atomic mass is 16.5. The van der Waals surface area contributed by atoms with E-state index in [1.54, 1.807) is 0 Å². The molecule has 0 saturated heterocycles. The molecule has 1 rings (SSSR count). The molecule has 5 heteroatoms. The third-order valence-electron chi connectivity index (χ3n) is 2.30. The van der Waals surface area contributed by atoms with Crippen LogP contribution in [0.15, 0.2) is 11.3 Å². The first-order valence-corrected chi connectivity index (χ1v) is 5.05. The number of carbonyl (C=O) groups is 3. The summed E-state index contributed by atoms with van der Waals surface area (Å²) in [5, 5.41) is 0. The first kappa shape index (κ1) is 12.4. The topological polar surface area (TPSA) is 69.7 Å². The van der Waals surface area contributed by atoms with Crippen LogP contribution in [-0.2, 0) is 23.9 Å². The fourth-order valence-electron chi connectivity index (χ4n) is 1.57. The van der Waals surface area contributed by atoms with E-state index in [1.165, 1.54) is 14.0 Å². The lowest BCUT2D eigenvalue weighted by Gasteiger charge is -2.17. The van der Waals surface area contributed by atoms with E-state index in [0.29, 0.717) is 25.0 Å². The molecule has 0 aliphatic heterocycles. The van der Waals surface area contributed by atoms with Crippen molar-refractivity contribution in [3.8, 4) is 0 Å². The Kier molecular flexibility index (Phi) is 4.22. The van der Waals surface area contributed by atoms with Crippen molar-refractivity contribution < 1.29 is 23.9 Å². The Balaban J connectivity index is 2.90. The number of carbonyl (C=O) groups excluding carboxylic acids is 3. The maximum absolute atomic E-state index is 11.6. The van der Waals surface area contributed by atoms with Gasteiger partial charge in [0.2, 0.25) is 0 Å². The molecular weight excluding hydrogens is 212 g/mol. The van der Waals surface area contributed by atoms with E-state index in [4.69, 9.17) is 4.74 Å². The van der Waals surface area contributed by atoms with Gasteiger partial charge in [-0.1, -0.05) is 0 Å². The molecule has 16 heavy (non-hydrogen) atoms. The third-order valence-corrected chi connectivity index (χ3v) is 2.30. The zero-order valence-corrected chi connectivity index (χ0v) is 9.37. The standard InChI is InChI=1S/C11H14O5/c1-7(12)16-10-5-3-4-9(13)8(10)6-11(14)15-2/h3-6H2,1-2H3. The largest absolute Gasteiger partial charge is 0.469 e. The van der Waals surface area contributed by atoms with Crippen LogP contribution in [0.5, 0.6) is 0 Å². The predicted molar refractivity (Wildman–Crippen MR) is 54.3 cm³/mol. The van der Waals surface area contributed by atoms with Crippen LogP contribution in [-0.4, -0.2) is 24.8 Å². The number of hydrogen-bond donors (Lipinski definition) is 0. The molecule has 0 N–H and O–H groups in total. The van der Waals surface area contributed by atoms with Crippen LogP contribution >= 0.6 is 0 Å². The molecule has 1 aliphatic rings. The monoisotopic (exact) mass is 226 g/mol. The number of hydrogen-bond acceptors (Lipinski definition) is 5. The van der Waals surface area contributed by atoms with Crippen LogP contribution in [0.25, 0.3) is 0 Å². The lowest BCUT2D eigenvalue weighted by molar-refractivity contribution is -0.141. The number of rotatable bonds is 3. The number of allylic oxidation sites excluding steroid dienone is 1. The van der Waals surface area contributed by atoms with Crippen LogP contribution in [0.1, 0.15) is 32.6 Å². The second kappa shape index (κ2) is 5.44. The van der Waals surface area contributed by atoms with E-state index in [9.17, 15) is 14.4 Å². The van der Waals surface area contributed by atoms with E-state index < -0.39 is 11.9 Å². The molecule has 0 heterocycles. The van der Waals surface area contributed by atoms with Gasteiger partial charge in [0.05, 0.1) is 13.5 Å². The van der Waals surface area contributed by atoms with Crippen molar-refractivity contribution >= 4 is 17.7 Å². The van der Waals surface area contributed by atoms with Crippen molar-refractivity contribution in [2.24, 2.45) is 0 Å². The number of ketones is 1. The SMILES string of the molecule is COC(=O)CC1=C(OC(C)=O)CCCC1=O. The summed E-state index contributed by atoms with van der Waals surface area (Å²) in [4.78, 5) is 33.5. The lowest BCUT2D eigenvalue weighted by Crippen LogP contribution is -2.18. The summed E-state index contributed by atoms with van der Waals surface area (Å²) in [5.41, 5.74) is 0.272. The Labute approximate surface area is 93.4 Å². The molecule has 0 atom stereocenters. The van der Waals surface area contributed by atoms with Crippen molar-refractivity contribution in [3.05, 3.63) is 11.3 Å². The van der Waals surface area contributed by atoms with Gasteiger partial charge in [0.15, 0.2) is 5.78 Å². The van der Waals surface area contributed by atoms with Crippen molar-refractivity contribution in [2.45, 2.75) is 32.6 Å². The highest BCUT2D eigenvalue weighted by Crippen LogP contribution is 2.25. The minimum absolute atomic E-state index is 0.127. The number of ether oxygens (including phenoxy) is 2. The molecule has 0 fully saturated rings. The summed E-state index contributed by atoms with van der Waals surface area (Å²) in [6.45, 7) is 1.27. The summed E-state index contributed by atoms with van der Waals surface area (Å²) < 4.78 is 9.42. The molecule has 5 nitrogen and oxygen atoms in total. The summed E-state index contributed by atoms with van der Waals surface area (Å²) in [6.07, 6.45) is 1.42. The average Bonchev–Trinajstić information content (AvgIpc) is 2.22. The average molecular weight is 226 g/mol. The van der Waals surface area contributed by atoms with Crippen LogP contribution in [0.4, 0.5) is 0 Å². The van der Waals surface area contributed by atoms with Gasteiger partial charge in [0.1, 0.15) is 5.76 Å². The Morgan fingerprint density at radius 2 is 2.00 bits per heavy atom. The maximum Gasteiger partial charge on any atom is 0.310 e. The van der Waals surface area contributed by atoms with Gasteiger partial charge in [-0.2, -0.15) is 0 Å². The minimum atomic E-state index is -0.505. The molecule has 88 valence electrons. The van der Waals surface area contributed by atoms with Gasteiger partial charge in [0.25, 0.3) is 0 Å². The van der Waals surface area contributed by atoms with Crippen LogP contribution < -0.4 is 0 Å². The van der Waals surface area contributed by atoms with Crippen molar-refractivity contribution in [1.82, 2.24) is 0 Å². The number of esters is 2. The van der Waals surface area contributed by atoms with Crippen LogP contribution in [0.3, 0.4) is 0 Å². The van der Waals surface area contributed by atoms with E-state index in [0.717, 1.165) is 0 Å². The maximum atomic E-state index is 11.6.